The lowest BCUT2D eigenvalue weighted by Gasteiger charge is -2.11. The number of nitrogen functional groups attached to an aromatic ring is 1. The van der Waals surface area contributed by atoms with Crippen LogP contribution in [0.4, 0.5) is 5.69 Å². The van der Waals surface area contributed by atoms with Gasteiger partial charge in [-0.2, -0.15) is 0 Å². The van der Waals surface area contributed by atoms with Gasteiger partial charge < -0.3 is 15.2 Å². The molecule has 0 bridgehead atoms. The summed E-state index contributed by atoms with van der Waals surface area (Å²) in [7, 11) is 1.58. The van der Waals surface area contributed by atoms with Crippen LogP contribution >= 0.6 is 0 Å². The first-order chi connectivity index (χ1) is 10.1. The summed E-state index contributed by atoms with van der Waals surface area (Å²) in [6.07, 6.45) is 0. The summed E-state index contributed by atoms with van der Waals surface area (Å²) in [6.45, 7) is 6.08. The fourth-order valence-corrected chi connectivity index (χ4v) is 1.98. The van der Waals surface area contributed by atoms with Crippen LogP contribution in [-0.4, -0.2) is 40.5 Å². The fraction of sp³-hybridized carbons (Fsp3) is 0.500. The third-order valence-corrected chi connectivity index (χ3v) is 2.92. The molecule has 0 amide bonds. The molecule has 0 spiro atoms. The standard InChI is InChI=1S/C14H21N5O2/c1-10(2)9-21-8-7-19-14(16-17-18-19)11-5-4-6-12(15)13(11)20-3/h4-6,10H,7-9,15H2,1-3H3. The molecular formula is C14H21N5O2. The summed E-state index contributed by atoms with van der Waals surface area (Å²) in [6, 6.07) is 5.51. The van der Waals surface area contributed by atoms with Crippen molar-refractivity contribution in [3.63, 3.8) is 0 Å². The maximum Gasteiger partial charge on any atom is 0.185 e. The largest absolute Gasteiger partial charge is 0.494 e. The van der Waals surface area contributed by atoms with Crippen LogP contribution in [0.3, 0.4) is 0 Å². The molecule has 21 heavy (non-hydrogen) atoms. The van der Waals surface area contributed by atoms with Crippen molar-refractivity contribution < 1.29 is 9.47 Å². The first-order valence-electron chi connectivity index (χ1n) is 6.90. The van der Waals surface area contributed by atoms with Gasteiger partial charge in [0.2, 0.25) is 0 Å². The van der Waals surface area contributed by atoms with Crippen LogP contribution < -0.4 is 10.5 Å². The molecule has 7 nitrogen and oxygen atoms in total. The van der Waals surface area contributed by atoms with E-state index in [1.165, 1.54) is 0 Å². The Morgan fingerprint density at radius 3 is 2.86 bits per heavy atom. The average molecular weight is 291 g/mol. The Labute approximate surface area is 124 Å². The molecule has 0 atom stereocenters. The maximum atomic E-state index is 5.92. The van der Waals surface area contributed by atoms with Crippen LogP contribution in [-0.2, 0) is 11.3 Å². The van der Waals surface area contributed by atoms with Crippen molar-refractivity contribution in [3.05, 3.63) is 18.2 Å². The molecule has 0 saturated carbocycles. The Bertz CT molecular complexity index is 582. The number of benzene rings is 1. The molecule has 0 radical (unpaired) electrons. The minimum Gasteiger partial charge on any atom is -0.494 e. The minimum atomic E-state index is 0.507. The van der Waals surface area contributed by atoms with E-state index in [9.17, 15) is 0 Å². The molecular weight excluding hydrogens is 270 g/mol. The lowest BCUT2D eigenvalue weighted by molar-refractivity contribution is 0.101. The second kappa shape index (κ2) is 7.03. The predicted molar refractivity (Wildman–Crippen MR) is 79.9 cm³/mol. The van der Waals surface area contributed by atoms with Gasteiger partial charge >= 0.3 is 0 Å². The Kier molecular flexibility index (Phi) is 5.10. The number of anilines is 1. The zero-order chi connectivity index (χ0) is 15.2. The predicted octanol–water partition coefficient (Wildman–Crippen LogP) is 1.60. The van der Waals surface area contributed by atoms with E-state index in [0.29, 0.717) is 36.3 Å². The van der Waals surface area contributed by atoms with Crippen molar-refractivity contribution >= 4 is 5.69 Å². The second-order valence-corrected chi connectivity index (χ2v) is 5.12. The zero-order valence-corrected chi connectivity index (χ0v) is 12.6. The highest BCUT2D eigenvalue weighted by atomic mass is 16.5. The molecule has 0 saturated heterocycles. The molecule has 0 fully saturated rings. The normalized spacial score (nSPS) is 11.0. The molecule has 2 rings (SSSR count). The maximum absolute atomic E-state index is 5.92. The van der Waals surface area contributed by atoms with E-state index < -0.39 is 0 Å². The topological polar surface area (TPSA) is 88.1 Å². The Hall–Kier alpha value is -2.15. The molecule has 0 aliphatic rings. The zero-order valence-electron chi connectivity index (χ0n) is 12.6. The molecule has 1 heterocycles. The Morgan fingerprint density at radius 1 is 1.33 bits per heavy atom. The number of methoxy groups -OCH3 is 1. The van der Waals surface area contributed by atoms with Crippen LogP contribution in [0.5, 0.6) is 5.75 Å². The van der Waals surface area contributed by atoms with Crippen LogP contribution in [0.15, 0.2) is 18.2 Å². The number of nitrogens with two attached hydrogens (primary N) is 1. The van der Waals surface area contributed by atoms with Crippen molar-refractivity contribution in [1.82, 2.24) is 20.2 Å². The first kappa shape index (κ1) is 15.2. The SMILES string of the molecule is COc1c(N)cccc1-c1nnnn1CCOCC(C)C. The van der Waals surface area contributed by atoms with E-state index >= 15 is 0 Å². The van der Waals surface area contributed by atoms with Crippen LogP contribution in [0.1, 0.15) is 13.8 Å². The van der Waals surface area contributed by atoms with Gasteiger partial charge in [-0.05, 0) is 28.5 Å². The highest BCUT2D eigenvalue weighted by Gasteiger charge is 2.15. The monoisotopic (exact) mass is 291 g/mol. The number of para-hydroxylation sites is 1. The van der Waals surface area contributed by atoms with Gasteiger partial charge in [-0.3, -0.25) is 0 Å². The van der Waals surface area contributed by atoms with Gasteiger partial charge in [0.25, 0.3) is 0 Å². The van der Waals surface area contributed by atoms with Gasteiger partial charge in [-0.25, -0.2) is 4.68 Å². The van der Waals surface area contributed by atoms with Gasteiger partial charge in [-0.1, -0.05) is 19.9 Å². The summed E-state index contributed by atoms with van der Waals surface area (Å²) in [5.74, 6) is 1.70. The Morgan fingerprint density at radius 2 is 2.14 bits per heavy atom. The number of rotatable bonds is 7. The summed E-state index contributed by atoms with van der Waals surface area (Å²) in [4.78, 5) is 0. The van der Waals surface area contributed by atoms with E-state index in [1.54, 1.807) is 17.9 Å². The van der Waals surface area contributed by atoms with Gasteiger partial charge in [0.05, 0.1) is 31.5 Å². The van der Waals surface area contributed by atoms with Crippen molar-refractivity contribution in [3.8, 4) is 17.1 Å². The highest BCUT2D eigenvalue weighted by molar-refractivity contribution is 5.73. The van der Waals surface area contributed by atoms with Crippen molar-refractivity contribution in [2.75, 3.05) is 26.1 Å². The van der Waals surface area contributed by atoms with Crippen molar-refractivity contribution in [1.29, 1.82) is 0 Å². The van der Waals surface area contributed by atoms with Gasteiger partial charge in [0.1, 0.15) is 0 Å². The molecule has 0 unspecified atom stereocenters. The first-order valence-corrected chi connectivity index (χ1v) is 6.90. The van der Waals surface area contributed by atoms with Crippen molar-refractivity contribution in [2.24, 2.45) is 5.92 Å². The van der Waals surface area contributed by atoms with Gasteiger partial charge in [0.15, 0.2) is 11.6 Å². The van der Waals surface area contributed by atoms with Gasteiger partial charge in [-0.15, -0.1) is 5.10 Å². The van der Waals surface area contributed by atoms with E-state index in [-0.39, 0.29) is 0 Å². The molecule has 2 N–H and O–H groups in total. The minimum absolute atomic E-state index is 0.507. The van der Waals surface area contributed by atoms with Crippen molar-refractivity contribution in [2.45, 2.75) is 20.4 Å². The molecule has 114 valence electrons. The number of nitrogens with zero attached hydrogens (tertiary/aromatic N) is 4. The summed E-state index contributed by atoms with van der Waals surface area (Å²) < 4.78 is 12.6. The van der Waals surface area contributed by atoms with E-state index in [4.69, 9.17) is 15.2 Å². The second-order valence-electron chi connectivity index (χ2n) is 5.12. The molecule has 7 heteroatoms. The molecule has 2 aromatic rings. The quantitative estimate of drug-likeness (QED) is 0.616. The van der Waals surface area contributed by atoms with E-state index in [1.807, 2.05) is 12.1 Å². The summed E-state index contributed by atoms with van der Waals surface area (Å²) in [5, 5.41) is 11.8. The number of hydrogen-bond donors (Lipinski definition) is 1. The number of hydrogen-bond acceptors (Lipinski definition) is 6. The van der Waals surface area contributed by atoms with E-state index in [2.05, 4.69) is 29.4 Å². The molecule has 0 aliphatic carbocycles. The summed E-state index contributed by atoms with van der Waals surface area (Å²) in [5.41, 5.74) is 7.24. The van der Waals surface area contributed by atoms with E-state index in [0.717, 1.165) is 12.2 Å². The third-order valence-electron chi connectivity index (χ3n) is 2.92. The lowest BCUT2D eigenvalue weighted by atomic mass is 10.1. The Balaban J connectivity index is 2.15. The molecule has 1 aromatic carbocycles. The highest BCUT2D eigenvalue weighted by Crippen LogP contribution is 2.32. The number of aromatic nitrogens is 4. The van der Waals surface area contributed by atoms with Crippen LogP contribution in [0.25, 0.3) is 11.4 Å². The van der Waals surface area contributed by atoms with Crippen LogP contribution in [0, 0.1) is 5.92 Å². The molecule has 0 aliphatic heterocycles. The molecule has 1 aromatic heterocycles. The number of ether oxygens (including phenoxy) is 2. The smallest absolute Gasteiger partial charge is 0.185 e. The summed E-state index contributed by atoms with van der Waals surface area (Å²) >= 11 is 0. The van der Waals surface area contributed by atoms with Gasteiger partial charge in [0, 0.05) is 6.61 Å². The van der Waals surface area contributed by atoms with Crippen LogP contribution in [0.2, 0.25) is 0 Å². The fourth-order valence-electron chi connectivity index (χ4n) is 1.98. The third kappa shape index (κ3) is 3.69. The number of tetrazole rings is 1. The average Bonchev–Trinajstić information content (AvgIpc) is 2.91. The lowest BCUT2D eigenvalue weighted by Crippen LogP contribution is -2.12.